The lowest BCUT2D eigenvalue weighted by Crippen LogP contribution is -2.38. The molecule has 28 heavy (non-hydrogen) atoms. The number of halogens is 1. The van der Waals surface area contributed by atoms with Crippen LogP contribution in [-0.2, 0) is 6.54 Å². The van der Waals surface area contributed by atoms with E-state index in [0.717, 1.165) is 36.1 Å². The zero-order valence-corrected chi connectivity index (χ0v) is 18.9. The Labute approximate surface area is 187 Å². The van der Waals surface area contributed by atoms with E-state index in [1.54, 1.807) is 6.26 Å². The monoisotopic (exact) mass is 508 g/mol. The fraction of sp³-hybridized carbons (Fsp3) is 0.238. The van der Waals surface area contributed by atoms with Gasteiger partial charge in [-0.25, -0.2) is 9.98 Å². The Morgan fingerprint density at radius 2 is 1.75 bits per heavy atom. The summed E-state index contributed by atoms with van der Waals surface area (Å²) in [5, 5.41) is 6.62. The van der Waals surface area contributed by atoms with Gasteiger partial charge in [-0.05, 0) is 31.2 Å². The molecule has 0 fully saturated rings. The normalized spacial score (nSPS) is 11.0. The lowest BCUT2D eigenvalue weighted by Gasteiger charge is -2.10. The van der Waals surface area contributed by atoms with Gasteiger partial charge in [0.05, 0.1) is 6.54 Å². The van der Waals surface area contributed by atoms with Crippen molar-refractivity contribution < 1.29 is 4.42 Å². The fourth-order valence-corrected chi connectivity index (χ4v) is 3.24. The summed E-state index contributed by atoms with van der Waals surface area (Å²) in [7, 11) is 0. The molecule has 5 nitrogen and oxygen atoms in total. The molecule has 1 heterocycles. The highest BCUT2D eigenvalue weighted by molar-refractivity contribution is 14.0. The standard InChI is InChI=1S/C21H24N4OS.HI/c1-2-22-21(23-13-14-27-19-11-7-4-8-12-19)24-15-18-16-26-20(25-18)17-9-5-3-6-10-17;/h3-12,16H,2,13-15H2,1H3,(H2,22,23,24);1H. The number of nitrogens with one attached hydrogen (secondary N) is 2. The molecule has 0 radical (unpaired) electrons. The van der Waals surface area contributed by atoms with Crippen molar-refractivity contribution in [3.63, 3.8) is 0 Å². The van der Waals surface area contributed by atoms with Gasteiger partial charge in [-0.15, -0.1) is 35.7 Å². The van der Waals surface area contributed by atoms with Crippen LogP contribution in [0.25, 0.3) is 11.5 Å². The maximum atomic E-state index is 5.57. The number of hydrogen-bond donors (Lipinski definition) is 2. The average Bonchev–Trinajstić information content (AvgIpc) is 3.20. The average molecular weight is 508 g/mol. The second kappa shape index (κ2) is 12.5. The molecule has 0 spiro atoms. The number of rotatable bonds is 8. The van der Waals surface area contributed by atoms with Crippen LogP contribution in [0.4, 0.5) is 0 Å². The maximum Gasteiger partial charge on any atom is 0.226 e. The lowest BCUT2D eigenvalue weighted by atomic mass is 10.2. The molecule has 1 aromatic heterocycles. The van der Waals surface area contributed by atoms with Gasteiger partial charge >= 0.3 is 0 Å². The third kappa shape index (κ3) is 7.20. The molecule has 0 bridgehead atoms. The molecular weight excluding hydrogens is 483 g/mol. The van der Waals surface area contributed by atoms with Crippen LogP contribution in [0.3, 0.4) is 0 Å². The Morgan fingerprint density at radius 1 is 1.04 bits per heavy atom. The lowest BCUT2D eigenvalue weighted by molar-refractivity contribution is 0.572. The Kier molecular flexibility index (Phi) is 9.92. The van der Waals surface area contributed by atoms with Crippen molar-refractivity contribution in [1.29, 1.82) is 0 Å². The highest BCUT2D eigenvalue weighted by Gasteiger charge is 2.06. The summed E-state index contributed by atoms with van der Waals surface area (Å²) in [5.74, 6) is 2.38. The van der Waals surface area contributed by atoms with E-state index in [2.05, 4.69) is 51.8 Å². The molecule has 0 amide bonds. The number of guanidine groups is 1. The van der Waals surface area contributed by atoms with Gasteiger partial charge in [0, 0.05) is 29.3 Å². The molecule has 0 saturated heterocycles. The number of hydrogen-bond acceptors (Lipinski definition) is 4. The van der Waals surface area contributed by atoms with Crippen molar-refractivity contribution in [3.8, 4) is 11.5 Å². The van der Waals surface area contributed by atoms with E-state index in [-0.39, 0.29) is 24.0 Å². The molecule has 148 valence electrons. The first-order valence-electron chi connectivity index (χ1n) is 9.05. The first kappa shape index (κ1) is 22.3. The molecule has 0 atom stereocenters. The zero-order chi connectivity index (χ0) is 18.7. The van der Waals surface area contributed by atoms with Gasteiger partial charge < -0.3 is 15.1 Å². The molecule has 0 saturated carbocycles. The molecule has 3 rings (SSSR count). The quantitative estimate of drug-likeness (QED) is 0.150. The summed E-state index contributed by atoms with van der Waals surface area (Å²) in [6.07, 6.45) is 1.67. The Bertz CT molecular complexity index is 840. The van der Waals surface area contributed by atoms with Crippen LogP contribution in [-0.4, -0.2) is 29.8 Å². The molecule has 0 aliphatic heterocycles. The minimum atomic E-state index is 0. The van der Waals surface area contributed by atoms with E-state index in [0.29, 0.717) is 12.4 Å². The number of aliphatic imine (C=N–C) groups is 1. The van der Waals surface area contributed by atoms with Gasteiger partial charge in [-0.3, -0.25) is 0 Å². The van der Waals surface area contributed by atoms with Crippen molar-refractivity contribution in [1.82, 2.24) is 15.6 Å². The Morgan fingerprint density at radius 3 is 2.46 bits per heavy atom. The van der Waals surface area contributed by atoms with Crippen molar-refractivity contribution in [2.75, 3.05) is 18.8 Å². The minimum Gasteiger partial charge on any atom is -0.444 e. The molecule has 3 aromatic rings. The summed E-state index contributed by atoms with van der Waals surface area (Å²) in [6.45, 7) is 4.17. The summed E-state index contributed by atoms with van der Waals surface area (Å²) < 4.78 is 5.57. The second-order valence-electron chi connectivity index (χ2n) is 5.79. The van der Waals surface area contributed by atoms with Crippen LogP contribution in [0.15, 0.2) is 81.2 Å². The first-order valence-corrected chi connectivity index (χ1v) is 10.0. The van der Waals surface area contributed by atoms with E-state index in [9.17, 15) is 0 Å². The van der Waals surface area contributed by atoms with Gasteiger partial charge in [-0.2, -0.15) is 0 Å². The van der Waals surface area contributed by atoms with E-state index in [1.807, 2.05) is 48.2 Å². The number of benzene rings is 2. The third-order valence-corrected chi connectivity index (χ3v) is 4.74. The molecule has 0 unspecified atom stereocenters. The molecule has 0 aliphatic rings. The van der Waals surface area contributed by atoms with E-state index in [1.165, 1.54) is 4.90 Å². The summed E-state index contributed by atoms with van der Waals surface area (Å²) in [4.78, 5) is 10.4. The Balaban J connectivity index is 0.00000280. The number of aromatic nitrogens is 1. The van der Waals surface area contributed by atoms with Gasteiger partial charge in [0.15, 0.2) is 5.96 Å². The maximum absolute atomic E-state index is 5.57. The Hall–Kier alpha value is -2.00. The SMILES string of the molecule is CCNC(=NCc1coc(-c2ccccc2)n1)NCCSc1ccccc1.I. The zero-order valence-electron chi connectivity index (χ0n) is 15.8. The van der Waals surface area contributed by atoms with E-state index in [4.69, 9.17) is 4.42 Å². The number of oxazole rings is 1. The fourth-order valence-electron chi connectivity index (χ4n) is 2.45. The predicted octanol–water partition coefficient (Wildman–Crippen LogP) is 4.81. The minimum absolute atomic E-state index is 0. The topological polar surface area (TPSA) is 62.5 Å². The molecule has 7 heteroatoms. The van der Waals surface area contributed by atoms with Crippen molar-refractivity contribution in [2.24, 2.45) is 4.99 Å². The molecule has 0 aliphatic carbocycles. The second-order valence-corrected chi connectivity index (χ2v) is 6.96. The highest BCUT2D eigenvalue weighted by Crippen LogP contribution is 2.18. The smallest absolute Gasteiger partial charge is 0.226 e. The molecule has 2 aromatic carbocycles. The third-order valence-electron chi connectivity index (χ3n) is 3.72. The van der Waals surface area contributed by atoms with Crippen LogP contribution < -0.4 is 10.6 Å². The predicted molar refractivity (Wildman–Crippen MR) is 127 cm³/mol. The summed E-state index contributed by atoms with van der Waals surface area (Å²) in [5.41, 5.74) is 1.78. The largest absolute Gasteiger partial charge is 0.444 e. The van der Waals surface area contributed by atoms with Gasteiger partial charge in [0.2, 0.25) is 5.89 Å². The van der Waals surface area contributed by atoms with Gasteiger partial charge in [0.1, 0.15) is 12.0 Å². The summed E-state index contributed by atoms with van der Waals surface area (Å²) >= 11 is 1.82. The van der Waals surface area contributed by atoms with Crippen LogP contribution in [0.5, 0.6) is 0 Å². The number of nitrogens with zero attached hydrogens (tertiary/aromatic N) is 2. The molecule has 2 N–H and O–H groups in total. The first-order chi connectivity index (χ1) is 13.3. The van der Waals surface area contributed by atoms with Crippen LogP contribution in [0, 0.1) is 0 Å². The number of thioether (sulfide) groups is 1. The van der Waals surface area contributed by atoms with Gasteiger partial charge in [-0.1, -0.05) is 36.4 Å². The van der Waals surface area contributed by atoms with E-state index < -0.39 is 0 Å². The van der Waals surface area contributed by atoms with Gasteiger partial charge in [0.25, 0.3) is 0 Å². The van der Waals surface area contributed by atoms with Crippen LogP contribution >= 0.6 is 35.7 Å². The van der Waals surface area contributed by atoms with Crippen LogP contribution in [0.1, 0.15) is 12.6 Å². The van der Waals surface area contributed by atoms with Crippen LogP contribution in [0.2, 0.25) is 0 Å². The van der Waals surface area contributed by atoms with Crippen molar-refractivity contribution in [2.45, 2.75) is 18.4 Å². The van der Waals surface area contributed by atoms with Crippen molar-refractivity contribution >= 4 is 41.7 Å². The molecular formula is C21H25IN4OS. The van der Waals surface area contributed by atoms with Crippen molar-refractivity contribution in [3.05, 3.63) is 72.6 Å². The highest BCUT2D eigenvalue weighted by atomic mass is 127. The summed E-state index contributed by atoms with van der Waals surface area (Å²) in [6, 6.07) is 20.3. The van der Waals surface area contributed by atoms with E-state index >= 15 is 0 Å².